The standard InChI is InChI=1S/C14H11ClFNO2/c15-12-5-4-11(7-13(12)16)17-8-9-2-1-3-10(6-9)14(18)19/h1-7,17H,8H2,(H,18,19). The van der Waals surface area contributed by atoms with Crippen molar-refractivity contribution in [3.8, 4) is 0 Å². The quantitative estimate of drug-likeness (QED) is 0.895. The minimum atomic E-state index is -0.973. The molecule has 0 fully saturated rings. The van der Waals surface area contributed by atoms with Crippen LogP contribution >= 0.6 is 11.6 Å². The molecular weight excluding hydrogens is 269 g/mol. The molecule has 0 spiro atoms. The van der Waals surface area contributed by atoms with Crippen LogP contribution in [-0.2, 0) is 6.54 Å². The lowest BCUT2D eigenvalue weighted by Gasteiger charge is -2.07. The number of carbonyl (C=O) groups is 1. The van der Waals surface area contributed by atoms with Crippen molar-refractivity contribution >= 4 is 23.3 Å². The van der Waals surface area contributed by atoms with Crippen LogP contribution in [0, 0.1) is 5.82 Å². The van der Waals surface area contributed by atoms with Crippen molar-refractivity contribution in [1.29, 1.82) is 0 Å². The highest BCUT2D eigenvalue weighted by molar-refractivity contribution is 6.30. The second-order valence-electron chi connectivity index (χ2n) is 3.99. The molecule has 0 bridgehead atoms. The van der Waals surface area contributed by atoms with E-state index >= 15 is 0 Å². The Bertz CT molecular complexity index is 616. The molecule has 2 rings (SSSR count). The van der Waals surface area contributed by atoms with Gasteiger partial charge in [0.1, 0.15) is 5.82 Å². The first kappa shape index (κ1) is 13.4. The second kappa shape index (κ2) is 5.71. The smallest absolute Gasteiger partial charge is 0.335 e. The highest BCUT2D eigenvalue weighted by atomic mass is 35.5. The molecule has 0 aromatic heterocycles. The lowest BCUT2D eigenvalue weighted by Crippen LogP contribution is -2.02. The molecule has 0 saturated carbocycles. The van der Waals surface area contributed by atoms with Crippen molar-refractivity contribution < 1.29 is 14.3 Å². The third-order valence-electron chi connectivity index (χ3n) is 2.59. The minimum Gasteiger partial charge on any atom is -0.478 e. The van der Waals surface area contributed by atoms with Crippen molar-refractivity contribution in [2.45, 2.75) is 6.54 Å². The maximum atomic E-state index is 13.2. The summed E-state index contributed by atoms with van der Waals surface area (Å²) in [5.74, 6) is -1.47. The van der Waals surface area contributed by atoms with Gasteiger partial charge in [-0.15, -0.1) is 0 Å². The predicted molar refractivity (Wildman–Crippen MR) is 72.1 cm³/mol. The zero-order chi connectivity index (χ0) is 13.8. The summed E-state index contributed by atoms with van der Waals surface area (Å²) in [7, 11) is 0. The number of carboxylic acid groups (broad SMARTS) is 1. The van der Waals surface area contributed by atoms with E-state index in [0.717, 1.165) is 5.56 Å². The SMILES string of the molecule is O=C(O)c1cccc(CNc2ccc(Cl)c(F)c2)c1. The van der Waals surface area contributed by atoms with Gasteiger partial charge < -0.3 is 10.4 Å². The molecule has 0 unspecified atom stereocenters. The fourth-order valence-electron chi connectivity index (χ4n) is 1.62. The van der Waals surface area contributed by atoms with Gasteiger partial charge >= 0.3 is 5.97 Å². The van der Waals surface area contributed by atoms with E-state index in [1.165, 1.54) is 18.2 Å². The molecule has 0 heterocycles. The van der Waals surface area contributed by atoms with Gasteiger partial charge in [-0.25, -0.2) is 9.18 Å². The van der Waals surface area contributed by atoms with E-state index in [9.17, 15) is 9.18 Å². The van der Waals surface area contributed by atoms with Crippen LogP contribution in [0.4, 0.5) is 10.1 Å². The Morgan fingerprint density at radius 1 is 1.26 bits per heavy atom. The number of aromatic carboxylic acids is 1. The molecule has 19 heavy (non-hydrogen) atoms. The number of nitrogens with one attached hydrogen (secondary N) is 1. The van der Waals surface area contributed by atoms with E-state index in [1.807, 2.05) is 0 Å². The van der Waals surface area contributed by atoms with E-state index in [1.54, 1.807) is 24.3 Å². The van der Waals surface area contributed by atoms with E-state index in [0.29, 0.717) is 12.2 Å². The first-order valence-corrected chi connectivity index (χ1v) is 5.95. The Kier molecular flexibility index (Phi) is 4.02. The van der Waals surface area contributed by atoms with Gasteiger partial charge in [-0.3, -0.25) is 0 Å². The molecule has 0 radical (unpaired) electrons. The van der Waals surface area contributed by atoms with Crippen LogP contribution in [0.5, 0.6) is 0 Å². The van der Waals surface area contributed by atoms with Crippen molar-refractivity contribution in [3.63, 3.8) is 0 Å². The monoisotopic (exact) mass is 279 g/mol. The van der Waals surface area contributed by atoms with Gasteiger partial charge in [-0.05, 0) is 35.9 Å². The summed E-state index contributed by atoms with van der Waals surface area (Å²) in [5.41, 5.74) is 1.61. The normalized spacial score (nSPS) is 10.2. The number of hydrogen-bond acceptors (Lipinski definition) is 2. The average molecular weight is 280 g/mol. The molecule has 0 saturated heterocycles. The molecule has 2 aromatic rings. The van der Waals surface area contributed by atoms with E-state index in [2.05, 4.69) is 5.32 Å². The zero-order valence-corrected chi connectivity index (χ0v) is 10.6. The predicted octanol–water partition coefficient (Wildman–Crippen LogP) is 3.79. The Balaban J connectivity index is 2.07. The largest absolute Gasteiger partial charge is 0.478 e. The van der Waals surface area contributed by atoms with Gasteiger partial charge in [0.25, 0.3) is 0 Å². The summed E-state index contributed by atoms with van der Waals surface area (Å²) < 4.78 is 13.2. The second-order valence-corrected chi connectivity index (χ2v) is 4.40. The molecule has 2 aromatic carbocycles. The summed E-state index contributed by atoms with van der Waals surface area (Å²) in [6.07, 6.45) is 0. The average Bonchev–Trinajstić information content (AvgIpc) is 2.40. The molecule has 5 heteroatoms. The lowest BCUT2D eigenvalue weighted by atomic mass is 10.1. The van der Waals surface area contributed by atoms with Crippen LogP contribution < -0.4 is 5.32 Å². The van der Waals surface area contributed by atoms with E-state index in [-0.39, 0.29) is 10.6 Å². The van der Waals surface area contributed by atoms with Crippen LogP contribution in [-0.4, -0.2) is 11.1 Å². The zero-order valence-electron chi connectivity index (χ0n) is 9.86. The first-order chi connectivity index (χ1) is 9.06. The summed E-state index contributed by atoms with van der Waals surface area (Å²) in [5, 5.41) is 11.9. The minimum absolute atomic E-state index is 0.0680. The van der Waals surface area contributed by atoms with Gasteiger partial charge in [0.15, 0.2) is 0 Å². The van der Waals surface area contributed by atoms with Crippen molar-refractivity contribution in [2.75, 3.05) is 5.32 Å². The summed E-state index contributed by atoms with van der Waals surface area (Å²) in [6.45, 7) is 0.405. The summed E-state index contributed by atoms with van der Waals surface area (Å²) >= 11 is 5.59. The van der Waals surface area contributed by atoms with Crippen molar-refractivity contribution in [1.82, 2.24) is 0 Å². The van der Waals surface area contributed by atoms with Crippen LogP contribution in [0.2, 0.25) is 5.02 Å². The van der Waals surface area contributed by atoms with Crippen LogP contribution in [0.1, 0.15) is 15.9 Å². The molecule has 3 nitrogen and oxygen atoms in total. The summed E-state index contributed by atoms with van der Waals surface area (Å²) in [6, 6.07) is 11.0. The fourth-order valence-corrected chi connectivity index (χ4v) is 1.74. The highest BCUT2D eigenvalue weighted by Crippen LogP contribution is 2.19. The molecule has 0 atom stereocenters. The van der Waals surface area contributed by atoms with Gasteiger partial charge in [-0.2, -0.15) is 0 Å². The Morgan fingerprint density at radius 2 is 2.05 bits per heavy atom. The van der Waals surface area contributed by atoms with Gasteiger partial charge in [0.2, 0.25) is 0 Å². The first-order valence-electron chi connectivity index (χ1n) is 5.57. The van der Waals surface area contributed by atoms with Gasteiger partial charge in [-0.1, -0.05) is 23.7 Å². The summed E-state index contributed by atoms with van der Waals surface area (Å²) in [4.78, 5) is 10.8. The Labute approximate surface area is 114 Å². The number of hydrogen-bond donors (Lipinski definition) is 2. The Morgan fingerprint density at radius 3 is 2.74 bits per heavy atom. The number of anilines is 1. The maximum absolute atomic E-state index is 13.2. The molecule has 0 aliphatic carbocycles. The van der Waals surface area contributed by atoms with Gasteiger partial charge in [0, 0.05) is 12.2 Å². The highest BCUT2D eigenvalue weighted by Gasteiger charge is 2.04. The molecule has 0 aliphatic heterocycles. The third-order valence-corrected chi connectivity index (χ3v) is 2.90. The van der Waals surface area contributed by atoms with E-state index in [4.69, 9.17) is 16.7 Å². The topological polar surface area (TPSA) is 49.3 Å². The van der Waals surface area contributed by atoms with Crippen LogP contribution in [0.25, 0.3) is 0 Å². The number of carboxylic acids is 1. The molecule has 2 N–H and O–H groups in total. The molecule has 98 valence electrons. The fraction of sp³-hybridized carbons (Fsp3) is 0.0714. The molecular formula is C14H11ClFNO2. The molecule has 0 aliphatic rings. The number of benzene rings is 2. The van der Waals surface area contributed by atoms with Crippen LogP contribution in [0.15, 0.2) is 42.5 Å². The number of rotatable bonds is 4. The number of halogens is 2. The molecule has 0 amide bonds. The van der Waals surface area contributed by atoms with Crippen molar-refractivity contribution in [3.05, 3.63) is 64.4 Å². The van der Waals surface area contributed by atoms with Crippen molar-refractivity contribution in [2.24, 2.45) is 0 Å². The lowest BCUT2D eigenvalue weighted by molar-refractivity contribution is 0.0697. The van der Waals surface area contributed by atoms with Crippen LogP contribution in [0.3, 0.4) is 0 Å². The Hall–Kier alpha value is -2.07. The maximum Gasteiger partial charge on any atom is 0.335 e. The van der Waals surface area contributed by atoms with Gasteiger partial charge in [0.05, 0.1) is 10.6 Å². The van der Waals surface area contributed by atoms with E-state index < -0.39 is 11.8 Å². The third kappa shape index (κ3) is 3.45.